The number of nitrogens with one attached hydrogen (secondary N) is 1. The molecule has 2 heterocycles. The monoisotopic (exact) mass is 388 g/mol. The second-order valence-corrected chi connectivity index (χ2v) is 7.67. The molecule has 4 heteroatoms. The molecule has 1 fully saturated rings. The quantitative estimate of drug-likeness (QED) is 0.580. The van der Waals surface area contributed by atoms with E-state index in [1.54, 1.807) is 6.20 Å². The van der Waals surface area contributed by atoms with Gasteiger partial charge < -0.3 is 14.8 Å². The molecule has 0 aliphatic carbocycles. The van der Waals surface area contributed by atoms with Crippen molar-refractivity contribution in [2.75, 3.05) is 13.2 Å². The number of hydrogen-bond donors (Lipinski definition) is 1. The number of rotatable bonds is 9. The molecule has 1 aliphatic heterocycles. The molecule has 4 nitrogen and oxygen atoms in total. The van der Waals surface area contributed by atoms with Gasteiger partial charge in [0, 0.05) is 17.8 Å². The molecule has 150 valence electrons. The smallest absolute Gasteiger partial charge is 0.138 e. The van der Waals surface area contributed by atoms with Gasteiger partial charge in [0.15, 0.2) is 0 Å². The van der Waals surface area contributed by atoms with Crippen LogP contribution in [-0.2, 0) is 17.8 Å². The summed E-state index contributed by atoms with van der Waals surface area (Å²) in [4.78, 5) is 4.37. The fraction of sp³-hybridized carbons (Fsp3) is 0.320. The van der Waals surface area contributed by atoms with E-state index in [-0.39, 0.29) is 6.10 Å². The zero-order chi connectivity index (χ0) is 19.9. The molecule has 1 N–H and O–H groups in total. The van der Waals surface area contributed by atoms with Crippen LogP contribution in [0.3, 0.4) is 0 Å². The van der Waals surface area contributed by atoms with Crippen molar-refractivity contribution in [3.8, 4) is 16.9 Å². The summed E-state index contributed by atoms with van der Waals surface area (Å²) in [5.41, 5.74) is 4.68. The summed E-state index contributed by atoms with van der Waals surface area (Å²) in [6.45, 7) is 4.55. The fourth-order valence-electron chi connectivity index (χ4n) is 3.42. The van der Waals surface area contributed by atoms with Crippen LogP contribution >= 0.6 is 0 Å². The van der Waals surface area contributed by atoms with Crippen molar-refractivity contribution >= 4 is 0 Å². The predicted molar refractivity (Wildman–Crippen MR) is 116 cm³/mol. The van der Waals surface area contributed by atoms with Gasteiger partial charge in [-0.25, -0.2) is 0 Å². The number of aromatic nitrogens is 1. The first-order chi connectivity index (χ1) is 14.3. The second-order valence-electron chi connectivity index (χ2n) is 7.67. The van der Waals surface area contributed by atoms with Crippen LogP contribution in [0, 0.1) is 0 Å². The molecule has 0 unspecified atom stereocenters. The molecule has 29 heavy (non-hydrogen) atoms. The van der Waals surface area contributed by atoms with Crippen LogP contribution in [0.15, 0.2) is 73.1 Å². The van der Waals surface area contributed by atoms with E-state index in [9.17, 15) is 0 Å². The van der Waals surface area contributed by atoms with Gasteiger partial charge in [0.05, 0.1) is 18.9 Å². The van der Waals surface area contributed by atoms with Crippen molar-refractivity contribution in [3.63, 3.8) is 0 Å². The van der Waals surface area contributed by atoms with Gasteiger partial charge in [-0.1, -0.05) is 54.6 Å². The molecular formula is C25H28N2O2. The topological polar surface area (TPSA) is 43.4 Å². The number of nitrogens with zero attached hydrogens (tertiary/aromatic N) is 1. The van der Waals surface area contributed by atoms with Gasteiger partial charge in [-0.3, -0.25) is 4.98 Å². The highest BCUT2D eigenvalue weighted by Crippen LogP contribution is 2.24. The zero-order valence-electron chi connectivity index (χ0n) is 16.9. The Hall–Kier alpha value is -2.69. The van der Waals surface area contributed by atoms with Gasteiger partial charge in [0.1, 0.15) is 12.4 Å². The minimum Gasteiger partial charge on any atom is -0.490 e. The first-order valence-electron chi connectivity index (χ1n) is 10.3. The fourth-order valence-corrected chi connectivity index (χ4v) is 3.42. The molecule has 0 bridgehead atoms. The van der Waals surface area contributed by atoms with E-state index in [4.69, 9.17) is 9.47 Å². The van der Waals surface area contributed by atoms with E-state index in [0.29, 0.717) is 19.3 Å². The Morgan fingerprint density at radius 3 is 2.62 bits per heavy atom. The maximum atomic E-state index is 6.03. The molecular weight excluding hydrogens is 360 g/mol. The Balaban J connectivity index is 1.36. The molecule has 0 radical (unpaired) electrons. The lowest BCUT2D eigenvalue weighted by atomic mass is 10.0. The zero-order valence-corrected chi connectivity index (χ0v) is 16.9. The largest absolute Gasteiger partial charge is 0.490 e. The van der Waals surface area contributed by atoms with Crippen LogP contribution in [0.5, 0.6) is 5.75 Å². The minimum absolute atomic E-state index is 0.147. The molecule has 0 saturated carbocycles. The minimum atomic E-state index is 0.147. The standard InChI is InChI=1S/C25H28N2O2/c1-19(28-17-20-6-3-2-4-7-20)12-21-8-5-9-22(13-21)23-14-25(16-26-15-23)29-18-24-10-11-27-24/h2-9,13-16,19,24,27H,10-12,17-18H2,1H3/t19-,24+/m1/s1. The summed E-state index contributed by atoms with van der Waals surface area (Å²) >= 11 is 0. The molecule has 2 aromatic carbocycles. The highest BCUT2D eigenvalue weighted by atomic mass is 16.5. The van der Waals surface area contributed by atoms with Crippen molar-refractivity contribution in [1.82, 2.24) is 10.3 Å². The van der Waals surface area contributed by atoms with Crippen molar-refractivity contribution in [2.45, 2.75) is 38.5 Å². The first kappa shape index (κ1) is 19.6. The first-order valence-corrected chi connectivity index (χ1v) is 10.3. The highest BCUT2D eigenvalue weighted by molar-refractivity contribution is 5.64. The summed E-state index contributed by atoms with van der Waals surface area (Å²) in [5.74, 6) is 0.821. The summed E-state index contributed by atoms with van der Waals surface area (Å²) in [5, 5.41) is 3.35. The predicted octanol–water partition coefficient (Wildman–Crippen LogP) is 4.64. The van der Waals surface area contributed by atoms with Crippen molar-refractivity contribution in [2.24, 2.45) is 0 Å². The summed E-state index contributed by atoms with van der Waals surface area (Å²) in [7, 11) is 0. The Kier molecular flexibility index (Phi) is 6.55. The normalized spacial score (nSPS) is 16.8. The lowest BCUT2D eigenvalue weighted by Crippen LogP contribution is -2.46. The van der Waals surface area contributed by atoms with E-state index in [1.807, 2.05) is 24.4 Å². The van der Waals surface area contributed by atoms with E-state index in [2.05, 4.69) is 59.7 Å². The Morgan fingerprint density at radius 2 is 1.83 bits per heavy atom. The average Bonchev–Trinajstić information content (AvgIpc) is 2.72. The molecule has 2 atom stereocenters. The van der Waals surface area contributed by atoms with Gasteiger partial charge >= 0.3 is 0 Å². The van der Waals surface area contributed by atoms with E-state index in [0.717, 1.165) is 29.8 Å². The van der Waals surface area contributed by atoms with Crippen molar-refractivity contribution in [1.29, 1.82) is 0 Å². The molecule has 0 amide bonds. The maximum absolute atomic E-state index is 6.03. The van der Waals surface area contributed by atoms with Gasteiger partial charge in [0.2, 0.25) is 0 Å². The number of hydrogen-bond acceptors (Lipinski definition) is 4. The van der Waals surface area contributed by atoms with Crippen molar-refractivity contribution in [3.05, 3.63) is 84.2 Å². The van der Waals surface area contributed by atoms with Crippen molar-refractivity contribution < 1.29 is 9.47 Å². The third kappa shape index (κ3) is 5.66. The Morgan fingerprint density at radius 1 is 1.00 bits per heavy atom. The summed E-state index contributed by atoms with van der Waals surface area (Å²) in [6.07, 6.45) is 5.87. The maximum Gasteiger partial charge on any atom is 0.138 e. The molecule has 1 aliphatic rings. The van der Waals surface area contributed by atoms with Gasteiger partial charge in [-0.2, -0.15) is 0 Å². The summed E-state index contributed by atoms with van der Waals surface area (Å²) in [6, 6.07) is 21.4. The third-order valence-electron chi connectivity index (χ3n) is 5.25. The van der Waals surface area contributed by atoms with Crippen LogP contribution in [-0.4, -0.2) is 30.3 Å². The van der Waals surface area contributed by atoms with E-state index >= 15 is 0 Å². The molecule has 3 aromatic rings. The van der Waals surface area contributed by atoms with Crippen LogP contribution in [0.25, 0.3) is 11.1 Å². The van der Waals surface area contributed by atoms with Gasteiger partial charge in [0.25, 0.3) is 0 Å². The van der Waals surface area contributed by atoms with Crippen LogP contribution in [0.4, 0.5) is 0 Å². The molecule has 1 saturated heterocycles. The SMILES string of the molecule is C[C@H](Cc1cccc(-c2cncc(OC[C@@H]3CCN3)c2)c1)OCc1ccccc1. The lowest BCUT2D eigenvalue weighted by molar-refractivity contribution is 0.0535. The Labute approximate surface area is 172 Å². The lowest BCUT2D eigenvalue weighted by Gasteiger charge is -2.27. The highest BCUT2D eigenvalue weighted by Gasteiger charge is 2.16. The van der Waals surface area contributed by atoms with Crippen LogP contribution < -0.4 is 10.1 Å². The number of benzene rings is 2. The van der Waals surface area contributed by atoms with Crippen LogP contribution in [0.2, 0.25) is 0 Å². The molecule has 0 spiro atoms. The molecule has 4 rings (SSSR count). The van der Waals surface area contributed by atoms with E-state index in [1.165, 1.54) is 17.5 Å². The second kappa shape index (κ2) is 9.68. The average molecular weight is 389 g/mol. The van der Waals surface area contributed by atoms with Gasteiger partial charge in [-0.15, -0.1) is 0 Å². The van der Waals surface area contributed by atoms with E-state index < -0.39 is 0 Å². The van der Waals surface area contributed by atoms with Crippen LogP contribution in [0.1, 0.15) is 24.5 Å². The Bertz CT molecular complexity index is 909. The third-order valence-corrected chi connectivity index (χ3v) is 5.25. The summed E-state index contributed by atoms with van der Waals surface area (Å²) < 4.78 is 11.9. The molecule has 1 aromatic heterocycles. The van der Waals surface area contributed by atoms with Gasteiger partial charge in [-0.05, 0) is 49.1 Å². The number of pyridine rings is 1. The number of ether oxygens (including phenoxy) is 2.